The number of ether oxygens (including phenoxy) is 1. The Morgan fingerprint density at radius 1 is 1.39 bits per heavy atom. The predicted molar refractivity (Wildman–Crippen MR) is 97.7 cm³/mol. The van der Waals surface area contributed by atoms with E-state index in [0.29, 0.717) is 32.5 Å². The minimum absolute atomic E-state index is 0.130. The summed E-state index contributed by atoms with van der Waals surface area (Å²) in [6, 6.07) is 5.03. The van der Waals surface area contributed by atoms with Gasteiger partial charge in [-0.1, -0.05) is 17.3 Å². The summed E-state index contributed by atoms with van der Waals surface area (Å²) >= 11 is 0. The largest absolute Gasteiger partial charge is 0.383 e. The predicted octanol–water partition coefficient (Wildman–Crippen LogP) is 0.819. The van der Waals surface area contributed by atoms with Crippen LogP contribution >= 0.6 is 0 Å². The van der Waals surface area contributed by atoms with Crippen molar-refractivity contribution in [2.24, 2.45) is 0 Å². The van der Waals surface area contributed by atoms with Crippen LogP contribution in [0.25, 0.3) is 0 Å². The number of rotatable bonds is 7. The Hall–Kier alpha value is -2.37. The number of halogens is 1. The number of hydrogen-bond acceptors (Lipinski definition) is 6. The second-order valence-electron chi connectivity index (χ2n) is 6.42. The Morgan fingerprint density at radius 3 is 2.93 bits per heavy atom. The van der Waals surface area contributed by atoms with Crippen molar-refractivity contribution in [1.29, 1.82) is 0 Å². The first kappa shape index (κ1) is 20.4. The lowest BCUT2D eigenvalue weighted by Crippen LogP contribution is -2.41. The zero-order chi connectivity index (χ0) is 20.1. The van der Waals surface area contributed by atoms with Crippen molar-refractivity contribution in [3.8, 4) is 0 Å². The number of methoxy groups -OCH3 is 1. The molecule has 1 N–H and O–H groups in total. The summed E-state index contributed by atoms with van der Waals surface area (Å²) in [4.78, 5) is 11.7. The van der Waals surface area contributed by atoms with E-state index in [1.54, 1.807) is 0 Å². The molecule has 1 fully saturated rings. The molecule has 0 bridgehead atoms. The van der Waals surface area contributed by atoms with E-state index >= 15 is 0 Å². The summed E-state index contributed by atoms with van der Waals surface area (Å²) < 4.78 is 47.2. The maximum atomic E-state index is 14.0. The smallest absolute Gasteiger partial charge is 0.273 e. The lowest BCUT2D eigenvalue weighted by Gasteiger charge is -2.31. The first-order valence-corrected chi connectivity index (χ1v) is 10.3. The molecule has 0 spiro atoms. The maximum Gasteiger partial charge on any atom is 0.273 e. The molecular formula is C17H22FN5O4S. The summed E-state index contributed by atoms with van der Waals surface area (Å²) in [7, 11) is -2.42. The van der Waals surface area contributed by atoms with Crippen molar-refractivity contribution < 1.29 is 22.3 Å². The number of nitrogens with one attached hydrogen (secondary N) is 1. The molecule has 0 unspecified atom stereocenters. The standard InChI is InChI=1S/C17H22FN5O4S/c1-27-10-8-19-17(24)15-12-23(21-20-15)13-5-4-9-22(11-13)28(25,26)16-7-3-2-6-14(16)18/h2-3,6-7,12-13H,4-5,8-11H2,1H3,(H,19,24)/t13-/m0/s1. The van der Waals surface area contributed by atoms with Crippen LogP contribution in [0.1, 0.15) is 29.4 Å². The monoisotopic (exact) mass is 411 g/mol. The van der Waals surface area contributed by atoms with Crippen molar-refractivity contribution in [3.63, 3.8) is 0 Å². The molecule has 9 nitrogen and oxygen atoms in total. The average Bonchev–Trinajstić information content (AvgIpc) is 3.19. The SMILES string of the molecule is COCCNC(=O)c1cn([C@H]2CCCN(S(=O)(=O)c3ccccc3F)C2)nn1. The topological polar surface area (TPSA) is 106 Å². The van der Waals surface area contributed by atoms with E-state index < -0.39 is 15.8 Å². The van der Waals surface area contributed by atoms with Gasteiger partial charge < -0.3 is 10.1 Å². The van der Waals surface area contributed by atoms with E-state index in [1.165, 1.54) is 40.5 Å². The Labute approximate surface area is 162 Å². The molecule has 152 valence electrons. The molecule has 11 heteroatoms. The molecule has 1 aliphatic heterocycles. The highest BCUT2D eigenvalue weighted by atomic mass is 32.2. The summed E-state index contributed by atoms with van der Waals surface area (Å²) in [6.07, 6.45) is 2.76. The molecule has 28 heavy (non-hydrogen) atoms. The molecule has 2 aromatic rings. The highest BCUT2D eigenvalue weighted by molar-refractivity contribution is 7.89. The Bertz CT molecular complexity index is 933. The Kier molecular flexibility index (Phi) is 6.37. The summed E-state index contributed by atoms with van der Waals surface area (Å²) in [5.41, 5.74) is 0.144. The second kappa shape index (κ2) is 8.76. The van der Waals surface area contributed by atoms with Crippen molar-refractivity contribution in [3.05, 3.63) is 42.0 Å². The molecule has 1 aromatic carbocycles. The van der Waals surface area contributed by atoms with Crippen LogP contribution in [0.4, 0.5) is 4.39 Å². The minimum Gasteiger partial charge on any atom is -0.383 e. The zero-order valence-corrected chi connectivity index (χ0v) is 16.2. The van der Waals surface area contributed by atoms with Gasteiger partial charge in [-0.2, -0.15) is 4.31 Å². The van der Waals surface area contributed by atoms with E-state index in [1.807, 2.05) is 0 Å². The van der Waals surface area contributed by atoms with E-state index in [2.05, 4.69) is 15.6 Å². The van der Waals surface area contributed by atoms with Gasteiger partial charge in [0.2, 0.25) is 10.0 Å². The number of carbonyl (C=O) groups is 1. The highest BCUT2D eigenvalue weighted by Crippen LogP contribution is 2.27. The Balaban J connectivity index is 1.72. The molecule has 0 saturated carbocycles. The van der Waals surface area contributed by atoms with Gasteiger partial charge >= 0.3 is 0 Å². The van der Waals surface area contributed by atoms with E-state index in [4.69, 9.17) is 4.74 Å². The number of benzene rings is 1. The summed E-state index contributed by atoms with van der Waals surface area (Å²) in [5.74, 6) is -1.16. The number of aromatic nitrogens is 3. The third-order valence-corrected chi connectivity index (χ3v) is 6.42. The van der Waals surface area contributed by atoms with Gasteiger partial charge in [-0.05, 0) is 25.0 Å². The molecule has 1 atom stereocenters. The van der Waals surface area contributed by atoms with Gasteiger partial charge in [-0.25, -0.2) is 17.5 Å². The van der Waals surface area contributed by atoms with Crippen molar-refractivity contribution in [2.45, 2.75) is 23.8 Å². The summed E-state index contributed by atoms with van der Waals surface area (Å²) in [6.45, 7) is 1.16. The molecule has 1 aliphatic rings. The lowest BCUT2D eigenvalue weighted by atomic mass is 10.1. The molecule has 3 rings (SSSR count). The van der Waals surface area contributed by atoms with Crippen LogP contribution in [0.3, 0.4) is 0 Å². The number of piperidine rings is 1. The number of hydrogen-bond donors (Lipinski definition) is 1. The van der Waals surface area contributed by atoms with E-state index in [-0.39, 0.29) is 29.1 Å². The fourth-order valence-corrected chi connectivity index (χ4v) is 4.65. The highest BCUT2D eigenvalue weighted by Gasteiger charge is 2.33. The van der Waals surface area contributed by atoms with Gasteiger partial charge in [-0.15, -0.1) is 5.10 Å². The molecule has 1 saturated heterocycles. The Morgan fingerprint density at radius 2 is 2.18 bits per heavy atom. The normalized spacial score (nSPS) is 18.1. The molecular weight excluding hydrogens is 389 g/mol. The van der Waals surface area contributed by atoms with Gasteiger partial charge in [0, 0.05) is 26.7 Å². The number of nitrogens with zero attached hydrogens (tertiary/aromatic N) is 4. The number of carbonyl (C=O) groups excluding carboxylic acids is 1. The van der Waals surface area contributed by atoms with Gasteiger partial charge in [0.05, 0.1) is 18.8 Å². The fourth-order valence-electron chi connectivity index (χ4n) is 3.06. The van der Waals surface area contributed by atoms with Crippen molar-refractivity contribution in [2.75, 3.05) is 33.4 Å². The minimum atomic E-state index is -3.95. The van der Waals surface area contributed by atoms with Crippen molar-refractivity contribution in [1.82, 2.24) is 24.6 Å². The van der Waals surface area contributed by atoms with Crippen LogP contribution in [0.5, 0.6) is 0 Å². The summed E-state index contributed by atoms with van der Waals surface area (Å²) in [5, 5.41) is 10.5. The first-order valence-electron chi connectivity index (χ1n) is 8.87. The average molecular weight is 411 g/mol. The second-order valence-corrected chi connectivity index (χ2v) is 8.33. The van der Waals surface area contributed by atoms with Gasteiger partial charge in [0.25, 0.3) is 5.91 Å². The van der Waals surface area contributed by atoms with Gasteiger partial charge in [-0.3, -0.25) is 4.79 Å². The zero-order valence-electron chi connectivity index (χ0n) is 15.4. The molecule has 0 radical (unpaired) electrons. The third kappa shape index (κ3) is 4.37. The maximum absolute atomic E-state index is 14.0. The van der Waals surface area contributed by atoms with Crippen LogP contribution in [-0.2, 0) is 14.8 Å². The fraction of sp³-hybridized carbons (Fsp3) is 0.471. The lowest BCUT2D eigenvalue weighted by molar-refractivity contribution is 0.0932. The molecule has 1 amide bonds. The third-order valence-electron chi connectivity index (χ3n) is 4.52. The van der Waals surface area contributed by atoms with Crippen LogP contribution in [-0.4, -0.2) is 67.0 Å². The van der Waals surface area contributed by atoms with Gasteiger partial charge in [0.15, 0.2) is 5.69 Å². The van der Waals surface area contributed by atoms with E-state index in [9.17, 15) is 17.6 Å². The number of sulfonamides is 1. The number of amides is 1. The van der Waals surface area contributed by atoms with Crippen LogP contribution < -0.4 is 5.32 Å². The van der Waals surface area contributed by atoms with Crippen molar-refractivity contribution >= 4 is 15.9 Å². The quantitative estimate of drug-likeness (QED) is 0.676. The molecule has 2 heterocycles. The van der Waals surface area contributed by atoms with Crippen LogP contribution in [0, 0.1) is 5.82 Å². The van der Waals surface area contributed by atoms with Crippen LogP contribution in [0.2, 0.25) is 0 Å². The van der Waals surface area contributed by atoms with Crippen LogP contribution in [0.15, 0.2) is 35.4 Å². The van der Waals surface area contributed by atoms with E-state index in [0.717, 1.165) is 6.07 Å². The molecule has 1 aromatic heterocycles. The first-order chi connectivity index (χ1) is 13.4. The molecule has 0 aliphatic carbocycles. The van der Waals surface area contributed by atoms with Gasteiger partial charge in [0.1, 0.15) is 10.7 Å².